The summed E-state index contributed by atoms with van der Waals surface area (Å²) in [6.45, 7) is 4.20. The lowest BCUT2D eigenvalue weighted by Crippen LogP contribution is -2.26. The van der Waals surface area contributed by atoms with Crippen LogP contribution in [0, 0.1) is 0 Å². The zero-order valence-corrected chi connectivity index (χ0v) is 15.5. The first-order chi connectivity index (χ1) is 12.7. The fourth-order valence-corrected chi connectivity index (χ4v) is 2.64. The van der Waals surface area contributed by atoms with Gasteiger partial charge in [0.1, 0.15) is 11.5 Å². The van der Waals surface area contributed by atoms with Gasteiger partial charge in [0, 0.05) is 0 Å². The largest absolute Gasteiger partial charge is 0.423 e. The van der Waals surface area contributed by atoms with Crippen LogP contribution >= 0.6 is 0 Å². The Balaban J connectivity index is 2.04. The molecule has 0 aliphatic rings. The number of aryl methyl sites for hydroxylation is 2. The van der Waals surface area contributed by atoms with Crippen molar-refractivity contribution < 1.29 is 19.1 Å². The molecule has 4 heteroatoms. The lowest BCUT2D eigenvalue weighted by Gasteiger charge is -2.11. The molecule has 0 N–H and O–H groups in total. The highest BCUT2D eigenvalue weighted by atomic mass is 16.6. The van der Waals surface area contributed by atoms with Gasteiger partial charge in [0.15, 0.2) is 0 Å². The van der Waals surface area contributed by atoms with Crippen molar-refractivity contribution in [2.24, 2.45) is 0 Å². The minimum Gasteiger partial charge on any atom is -0.418 e. The summed E-state index contributed by atoms with van der Waals surface area (Å²) in [5, 5.41) is 0. The average Bonchev–Trinajstić information content (AvgIpc) is 2.66. The Morgan fingerprint density at radius 3 is 1.46 bits per heavy atom. The molecule has 0 radical (unpaired) electrons. The summed E-state index contributed by atoms with van der Waals surface area (Å²) in [4.78, 5) is 24.3. The van der Waals surface area contributed by atoms with E-state index in [0.717, 1.165) is 49.7 Å². The topological polar surface area (TPSA) is 52.6 Å². The van der Waals surface area contributed by atoms with Crippen LogP contribution < -0.4 is 9.47 Å². The molecule has 0 aliphatic carbocycles. The molecule has 0 amide bonds. The molecule has 0 spiro atoms. The van der Waals surface area contributed by atoms with Crippen molar-refractivity contribution in [3.05, 3.63) is 59.7 Å². The van der Waals surface area contributed by atoms with Gasteiger partial charge in [-0.2, -0.15) is 0 Å². The predicted molar refractivity (Wildman–Crippen MR) is 101 cm³/mol. The SMILES string of the molecule is CCCCc1ccccc1OC(=O)C(=O)Oc1ccccc1CCCC. The van der Waals surface area contributed by atoms with Gasteiger partial charge in [0.25, 0.3) is 0 Å². The van der Waals surface area contributed by atoms with E-state index in [9.17, 15) is 9.59 Å². The molecule has 0 aromatic heterocycles. The number of ether oxygens (including phenoxy) is 2. The maximum Gasteiger partial charge on any atom is 0.423 e. The Kier molecular flexibility index (Phi) is 7.87. The molecule has 0 unspecified atom stereocenters. The van der Waals surface area contributed by atoms with Gasteiger partial charge in [0.05, 0.1) is 0 Å². The number of benzene rings is 2. The number of rotatable bonds is 8. The highest BCUT2D eigenvalue weighted by Crippen LogP contribution is 2.22. The summed E-state index contributed by atoms with van der Waals surface area (Å²) < 4.78 is 10.6. The zero-order chi connectivity index (χ0) is 18.8. The standard InChI is InChI=1S/C22H26O4/c1-3-5-11-17-13-7-9-15-19(17)25-21(23)22(24)26-20-16-10-8-14-18(20)12-6-4-2/h7-10,13-16H,3-6,11-12H2,1-2H3. The van der Waals surface area contributed by atoms with Crippen molar-refractivity contribution in [1.29, 1.82) is 0 Å². The van der Waals surface area contributed by atoms with E-state index in [0.29, 0.717) is 11.5 Å². The van der Waals surface area contributed by atoms with Crippen LogP contribution in [-0.4, -0.2) is 11.9 Å². The van der Waals surface area contributed by atoms with Crippen LogP contribution in [0.2, 0.25) is 0 Å². The van der Waals surface area contributed by atoms with Gasteiger partial charge in [-0.25, -0.2) is 9.59 Å². The number of para-hydroxylation sites is 2. The van der Waals surface area contributed by atoms with E-state index >= 15 is 0 Å². The first-order valence-corrected chi connectivity index (χ1v) is 9.25. The van der Waals surface area contributed by atoms with Crippen molar-refractivity contribution in [3.8, 4) is 11.5 Å². The minimum absolute atomic E-state index is 0.419. The van der Waals surface area contributed by atoms with Gasteiger partial charge in [-0.1, -0.05) is 63.1 Å². The Morgan fingerprint density at radius 2 is 1.08 bits per heavy atom. The molecule has 2 aromatic rings. The molecule has 0 atom stereocenters. The normalized spacial score (nSPS) is 10.4. The van der Waals surface area contributed by atoms with Crippen LogP contribution in [0.25, 0.3) is 0 Å². The molecule has 4 nitrogen and oxygen atoms in total. The molecule has 2 rings (SSSR count). The average molecular weight is 354 g/mol. The van der Waals surface area contributed by atoms with E-state index in [2.05, 4.69) is 13.8 Å². The minimum atomic E-state index is -1.00. The molecule has 0 aliphatic heterocycles. The van der Waals surface area contributed by atoms with E-state index in [4.69, 9.17) is 9.47 Å². The molecule has 0 saturated heterocycles. The zero-order valence-electron chi connectivity index (χ0n) is 15.5. The highest BCUT2D eigenvalue weighted by molar-refractivity contribution is 6.31. The van der Waals surface area contributed by atoms with Gasteiger partial charge in [-0.15, -0.1) is 0 Å². The quantitative estimate of drug-likeness (QED) is 0.385. The molecule has 0 heterocycles. The third-order valence-electron chi connectivity index (χ3n) is 4.12. The Labute approximate surface area is 155 Å². The summed E-state index contributed by atoms with van der Waals surface area (Å²) in [5.74, 6) is -1.16. The van der Waals surface area contributed by atoms with Crippen LogP contribution in [0.1, 0.15) is 50.7 Å². The van der Waals surface area contributed by atoms with Crippen LogP contribution in [0.4, 0.5) is 0 Å². The summed E-state index contributed by atoms with van der Waals surface area (Å²) in [6.07, 6.45) is 5.66. The molecular formula is C22H26O4. The number of hydrogen-bond donors (Lipinski definition) is 0. The van der Waals surface area contributed by atoms with Crippen molar-refractivity contribution >= 4 is 11.9 Å². The molecular weight excluding hydrogens is 328 g/mol. The van der Waals surface area contributed by atoms with Crippen molar-refractivity contribution in [2.75, 3.05) is 0 Å². The third kappa shape index (κ3) is 5.73. The van der Waals surface area contributed by atoms with Gasteiger partial charge < -0.3 is 9.47 Å². The third-order valence-corrected chi connectivity index (χ3v) is 4.12. The van der Waals surface area contributed by atoms with Crippen LogP contribution in [-0.2, 0) is 22.4 Å². The lowest BCUT2D eigenvalue weighted by atomic mass is 10.1. The van der Waals surface area contributed by atoms with Crippen LogP contribution in [0.15, 0.2) is 48.5 Å². The second kappa shape index (κ2) is 10.4. The van der Waals surface area contributed by atoms with E-state index in [1.165, 1.54) is 0 Å². The maximum absolute atomic E-state index is 12.2. The summed E-state index contributed by atoms with van der Waals surface area (Å²) in [5.41, 5.74) is 1.83. The Hall–Kier alpha value is -2.62. The van der Waals surface area contributed by atoms with E-state index in [1.807, 2.05) is 24.3 Å². The van der Waals surface area contributed by atoms with Crippen molar-refractivity contribution in [3.63, 3.8) is 0 Å². The molecule has 0 bridgehead atoms. The second-order valence-corrected chi connectivity index (χ2v) is 6.20. The smallest absolute Gasteiger partial charge is 0.418 e. The predicted octanol–water partition coefficient (Wildman–Crippen LogP) is 4.88. The van der Waals surface area contributed by atoms with Gasteiger partial charge in [0.2, 0.25) is 0 Å². The molecule has 2 aromatic carbocycles. The molecule has 26 heavy (non-hydrogen) atoms. The first-order valence-electron chi connectivity index (χ1n) is 9.25. The molecule has 0 saturated carbocycles. The van der Waals surface area contributed by atoms with Crippen molar-refractivity contribution in [1.82, 2.24) is 0 Å². The van der Waals surface area contributed by atoms with Gasteiger partial charge >= 0.3 is 11.9 Å². The van der Waals surface area contributed by atoms with E-state index in [1.54, 1.807) is 24.3 Å². The first kappa shape index (κ1) is 19.7. The summed E-state index contributed by atoms with van der Waals surface area (Å²) in [7, 11) is 0. The highest BCUT2D eigenvalue weighted by Gasteiger charge is 2.21. The lowest BCUT2D eigenvalue weighted by molar-refractivity contribution is -0.156. The monoisotopic (exact) mass is 354 g/mol. The van der Waals surface area contributed by atoms with Gasteiger partial charge in [-0.05, 0) is 48.9 Å². The second-order valence-electron chi connectivity index (χ2n) is 6.20. The van der Waals surface area contributed by atoms with Crippen LogP contribution in [0.3, 0.4) is 0 Å². The van der Waals surface area contributed by atoms with Crippen molar-refractivity contribution in [2.45, 2.75) is 52.4 Å². The fraction of sp³-hybridized carbons (Fsp3) is 0.364. The number of esters is 2. The number of unbranched alkanes of at least 4 members (excludes halogenated alkanes) is 2. The molecule has 138 valence electrons. The maximum atomic E-state index is 12.2. The number of hydrogen-bond acceptors (Lipinski definition) is 4. The Bertz CT molecular complexity index is 673. The fourth-order valence-electron chi connectivity index (χ4n) is 2.64. The number of carbonyl (C=O) groups excluding carboxylic acids is 2. The summed E-state index contributed by atoms with van der Waals surface area (Å²) in [6, 6.07) is 14.6. The van der Waals surface area contributed by atoms with E-state index < -0.39 is 11.9 Å². The van der Waals surface area contributed by atoms with Crippen LogP contribution in [0.5, 0.6) is 11.5 Å². The number of carbonyl (C=O) groups is 2. The molecule has 0 fully saturated rings. The van der Waals surface area contributed by atoms with Gasteiger partial charge in [-0.3, -0.25) is 0 Å². The summed E-state index contributed by atoms with van der Waals surface area (Å²) >= 11 is 0. The van der Waals surface area contributed by atoms with E-state index in [-0.39, 0.29) is 0 Å². The Morgan fingerprint density at radius 1 is 0.692 bits per heavy atom.